The molecule has 1 unspecified atom stereocenters. The second kappa shape index (κ2) is 4.36. The molecule has 1 aromatic rings. The standard InChI is InChI=1S/C12H19NO/c1-4-8(3)10-6-9(5-2)12(14)11(13)7-10/h6-8,14H,4-5,13H2,1-3H3. The predicted octanol–water partition coefficient (Wildman–Crippen LogP) is 3.05. The van der Waals surface area contributed by atoms with Crippen LogP contribution in [-0.4, -0.2) is 5.11 Å². The van der Waals surface area contributed by atoms with Crippen molar-refractivity contribution in [3.63, 3.8) is 0 Å². The van der Waals surface area contributed by atoms with Crippen molar-refractivity contribution in [2.24, 2.45) is 0 Å². The van der Waals surface area contributed by atoms with Gasteiger partial charge >= 0.3 is 0 Å². The Balaban J connectivity index is 3.16. The SMILES string of the molecule is CCc1cc(C(C)CC)cc(N)c1O. The molecule has 0 amide bonds. The van der Waals surface area contributed by atoms with Crippen LogP contribution < -0.4 is 5.73 Å². The lowest BCUT2D eigenvalue weighted by Gasteiger charge is -2.13. The highest BCUT2D eigenvalue weighted by Crippen LogP contribution is 2.31. The summed E-state index contributed by atoms with van der Waals surface area (Å²) in [5.74, 6) is 0.753. The van der Waals surface area contributed by atoms with Gasteiger partial charge in [0, 0.05) is 0 Å². The van der Waals surface area contributed by atoms with Gasteiger partial charge in [-0.3, -0.25) is 0 Å². The summed E-state index contributed by atoms with van der Waals surface area (Å²) in [6, 6.07) is 3.93. The van der Waals surface area contributed by atoms with Crippen LogP contribution in [0.15, 0.2) is 12.1 Å². The van der Waals surface area contributed by atoms with Gasteiger partial charge in [0.05, 0.1) is 5.69 Å². The summed E-state index contributed by atoms with van der Waals surface area (Å²) in [7, 11) is 0. The molecule has 0 radical (unpaired) electrons. The summed E-state index contributed by atoms with van der Waals surface area (Å²) < 4.78 is 0. The van der Waals surface area contributed by atoms with E-state index in [2.05, 4.69) is 19.9 Å². The molecule has 2 heteroatoms. The molecule has 0 heterocycles. The van der Waals surface area contributed by atoms with E-state index in [1.807, 2.05) is 13.0 Å². The second-order valence-electron chi connectivity index (χ2n) is 3.78. The average molecular weight is 193 g/mol. The molecular formula is C12H19NO. The number of aryl methyl sites for hydroxylation is 1. The lowest BCUT2D eigenvalue weighted by Crippen LogP contribution is -1.97. The molecule has 1 aromatic carbocycles. The highest BCUT2D eigenvalue weighted by atomic mass is 16.3. The summed E-state index contributed by atoms with van der Waals surface area (Å²) in [5.41, 5.74) is 8.41. The fourth-order valence-electron chi connectivity index (χ4n) is 1.53. The highest BCUT2D eigenvalue weighted by molar-refractivity contribution is 5.58. The molecule has 0 saturated carbocycles. The molecule has 3 N–H and O–H groups in total. The molecular weight excluding hydrogens is 174 g/mol. The number of nitrogen functional groups attached to an aromatic ring is 1. The van der Waals surface area contributed by atoms with E-state index in [0.717, 1.165) is 18.4 Å². The Labute approximate surface area is 85.8 Å². The predicted molar refractivity (Wildman–Crippen MR) is 60.6 cm³/mol. The number of phenols is 1. The first-order valence-electron chi connectivity index (χ1n) is 5.21. The maximum Gasteiger partial charge on any atom is 0.141 e. The van der Waals surface area contributed by atoms with Crippen LogP contribution in [0.3, 0.4) is 0 Å². The van der Waals surface area contributed by atoms with Gasteiger partial charge in [0.1, 0.15) is 5.75 Å². The van der Waals surface area contributed by atoms with E-state index in [-0.39, 0.29) is 5.75 Å². The van der Waals surface area contributed by atoms with Crippen LogP contribution in [0.2, 0.25) is 0 Å². The third-order valence-corrected chi connectivity index (χ3v) is 2.80. The average Bonchev–Trinajstić information content (AvgIpc) is 2.20. The van der Waals surface area contributed by atoms with Crippen molar-refractivity contribution < 1.29 is 5.11 Å². The van der Waals surface area contributed by atoms with Crippen LogP contribution in [-0.2, 0) is 6.42 Å². The first kappa shape index (κ1) is 10.9. The van der Waals surface area contributed by atoms with E-state index in [9.17, 15) is 5.11 Å². The highest BCUT2D eigenvalue weighted by Gasteiger charge is 2.09. The molecule has 0 fully saturated rings. The smallest absolute Gasteiger partial charge is 0.141 e. The largest absolute Gasteiger partial charge is 0.506 e. The number of phenolic OH excluding ortho intramolecular Hbond substituents is 1. The molecule has 1 rings (SSSR count). The van der Waals surface area contributed by atoms with Crippen molar-refractivity contribution in [1.29, 1.82) is 0 Å². The monoisotopic (exact) mass is 193 g/mol. The maximum absolute atomic E-state index is 9.65. The molecule has 0 bridgehead atoms. The quantitative estimate of drug-likeness (QED) is 0.572. The Morgan fingerprint density at radius 1 is 1.36 bits per heavy atom. The van der Waals surface area contributed by atoms with Gasteiger partial charge in [-0.15, -0.1) is 0 Å². The summed E-state index contributed by atoms with van der Waals surface area (Å²) in [6.07, 6.45) is 1.91. The van der Waals surface area contributed by atoms with E-state index in [1.54, 1.807) is 0 Å². The topological polar surface area (TPSA) is 46.2 Å². The Bertz CT molecular complexity index is 320. The number of hydrogen-bond donors (Lipinski definition) is 2. The summed E-state index contributed by atoms with van der Waals surface area (Å²) >= 11 is 0. The molecule has 1 atom stereocenters. The molecule has 0 aromatic heterocycles. The summed E-state index contributed by atoms with van der Waals surface area (Å²) in [5, 5.41) is 9.65. The fraction of sp³-hybridized carbons (Fsp3) is 0.500. The first-order chi connectivity index (χ1) is 6.60. The van der Waals surface area contributed by atoms with Crippen molar-refractivity contribution in [2.75, 3.05) is 5.73 Å². The molecule has 14 heavy (non-hydrogen) atoms. The zero-order valence-corrected chi connectivity index (χ0v) is 9.17. The third-order valence-electron chi connectivity index (χ3n) is 2.80. The minimum atomic E-state index is 0.250. The van der Waals surface area contributed by atoms with Crippen LogP contribution in [0.1, 0.15) is 44.2 Å². The van der Waals surface area contributed by atoms with E-state index in [0.29, 0.717) is 11.6 Å². The van der Waals surface area contributed by atoms with E-state index >= 15 is 0 Å². The van der Waals surface area contributed by atoms with Gasteiger partial charge in [0.2, 0.25) is 0 Å². The molecule has 0 aliphatic rings. The fourth-order valence-corrected chi connectivity index (χ4v) is 1.53. The molecule has 0 aliphatic carbocycles. The van der Waals surface area contributed by atoms with Crippen molar-refractivity contribution in [1.82, 2.24) is 0 Å². The van der Waals surface area contributed by atoms with Gasteiger partial charge in [-0.25, -0.2) is 0 Å². The third kappa shape index (κ3) is 2.00. The minimum Gasteiger partial charge on any atom is -0.506 e. The summed E-state index contributed by atoms with van der Waals surface area (Å²) in [6.45, 7) is 6.35. The van der Waals surface area contributed by atoms with Gasteiger partial charge in [-0.1, -0.05) is 26.8 Å². The van der Waals surface area contributed by atoms with Crippen LogP contribution in [0.4, 0.5) is 5.69 Å². The number of aromatic hydroxyl groups is 1. The van der Waals surface area contributed by atoms with E-state index < -0.39 is 0 Å². The van der Waals surface area contributed by atoms with Gasteiger partial charge < -0.3 is 10.8 Å². The maximum atomic E-state index is 9.65. The van der Waals surface area contributed by atoms with Gasteiger partial charge in [-0.2, -0.15) is 0 Å². The number of rotatable bonds is 3. The van der Waals surface area contributed by atoms with Crippen LogP contribution in [0, 0.1) is 0 Å². The van der Waals surface area contributed by atoms with Crippen molar-refractivity contribution in [3.8, 4) is 5.75 Å². The number of anilines is 1. The Morgan fingerprint density at radius 3 is 2.50 bits per heavy atom. The zero-order valence-electron chi connectivity index (χ0n) is 9.17. The van der Waals surface area contributed by atoms with Gasteiger partial charge in [0.25, 0.3) is 0 Å². The molecule has 0 saturated heterocycles. The van der Waals surface area contributed by atoms with Crippen molar-refractivity contribution >= 4 is 5.69 Å². The Morgan fingerprint density at radius 2 is 2.00 bits per heavy atom. The second-order valence-corrected chi connectivity index (χ2v) is 3.78. The molecule has 78 valence electrons. The van der Waals surface area contributed by atoms with Crippen LogP contribution in [0.25, 0.3) is 0 Å². The van der Waals surface area contributed by atoms with Crippen molar-refractivity contribution in [3.05, 3.63) is 23.3 Å². The lowest BCUT2D eigenvalue weighted by atomic mass is 9.95. The normalized spacial score (nSPS) is 12.8. The Kier molecular flexibility index (Phi) is 3.39. The van der Waals surface area contributed by atoms with Crippen LogP contribution in [0.5, 0.6) is 5.75 Å². The number of nitrogens with two attached hydrogens (primary N) is 1. The number of benzene rings is 1. The lowest BCUT2D eigenvalue weighted by molar-refractivity contribution is 0.471. The molecule has 0 aliphatic heterocycles. The van der Waals surface area contributed by atoms with E-state index in [1.165, 1.54) is 5.56 Å². The van der Waals surface area contributed by atoms with Gasteiger partial charge in [-0.05, 0) is 36.0 Å². The van der Waals surface area contributed by atoms with Crippen molar-refractivity contribution in [2.45, 2.75) is 39.5 Å². The Hall–Kier alpha value is -1.18. The summed E-state index contributed by atoms with van der Waals surface area (Å²) in [4.78, 5) is 0. The zero-order chi connectivity index (χ0) is 10.7. The molecule has 2 nitrogen and oxygen atoms in total. The minimum absolute atomic E-state index is 0.250. The van der Waals surface area contributed by atoms with E-state index in [4.69, 9.17) is 5.73 Å². The van der Waals surface area contributed by atoms with Crippen LogP contribution >= 0.6 is 0 Å². The number of hydrogen-bond acceptors (Lipinski definition) is 2. The molecule has 0 spiro atoms. The van der Waals surface area contributed by atoms with Gasteiger partial charge in [0.15, 0.2) is 0 Å². The first-order valence-corrected chi connectivity index (χ1v) is 5.21.